The van der Waals surface area contributed by atoms with Crippen molar-refractivity contribution in [3.05, 3.63) is 82.7 Å². The Morgan fingerprint density at radius 3 is 2.37 bits per heavy atom. The molecule has 0 aliphatic carbocycles. The van der Waals surface area contributed by atoms with Gasteiger partial charge in [-0.25, -0.2) is 4.68 Å². The van der Waals surface area contributed by atoms with Crippen molar-refractivity contribution < 1.29 is 32.3 Å². The van der Waals surface area contributed by atoms with E-state index in [9.17, 15) is 27.6 Å². The Labute approximate surface area is 234 Å². The van der Waals surface area contributed by atoms with Gasteiger partial charge in [0.25, 0.3) is 17.7 Å². The number of carbonyl (C=O) groups excluding carboxylic acids is 3. The van der Waals surface area contributed by atoms with E-state index in [0.29, 0.717) is 36.5 Å². The van der Waals surface area contributed by atoms with Gasteiger partial charge in [0.05, 0.1) is 18.4 Å². The van der Waals surface area contributed by atoms with Crippen LogP contribution in [0.5, 0.6) is 5.75 Å². The lowest BCUT2D eigenvalue weighted by atomic mass is 10.0. The first-order valence-electron chi connectivity index (χ1n) is 13.0. The van der Waals surface area contributed by atoms with E-state index < -0.39 is 23.7 Å². The van der Waals surface area contributed by atoms with E-state index in [1.54, 1.807) is 43.3 Å². The molecule has 0 bridgehead atoms. The Morgan fingerprint density at radius 2 is 1.76 bits per heavy atom. The summed E-state index contributed by atoms with van der Waals surface area (Å²) in [6.45, 7) is 0.769. The van der Waals surface area contributed by atoms with Crippen molar-refractivity contribution >= 4 is 23.4 Å². The van der Waals surface area contributed by atoms with Crippen molar-refractivity contribution in [2.45, 2.75) is 19.0 Å². The molecule has 2 aliphatic rings. The Balaban J connectivity index is 1.62. The monoisotopic (exact) mass is 567 g/mol. The van der Waals surface area contributed by atoms with Crippen LogP contribution in [0, 0.1) is 0 Å². The second-order valence-corrected chi connectivity index (χ2v) is 9.93. The number of nitrogens with zero attached hydrogens (tertiary/aromatic N) is 5. The summed E-state index contributed by atoms with van der Waals surface area (Å²) in [6, 6.07) is 10.7. The van der Waals surface area contributed by atoms with Crippen LogP contribution in [0.1, 0.15) is 48.9 Å². The number of hydrogen-bond donors (Lipinski definition) is 0. The molecule has 1 aromatic heterocycles. The number of halogens is 3. The van der Waals surface area contributed by atoms with Crippen molar-refractivity contribution in [2.24, 2.45) is 0 Å². The number of alkyl halides is 3. The fraction of sp³-hybridized carbons (Fsp3) is 0.310. The zero-order chi connectivity index (χ0) is 29.5. The van der Waals surface area contributed by atoms with Crippen LogP contribution in [0.3, 0.4) is 0 Å². The van der Waals surface area contributed by atoms with Crippen LogP contribution in [0.2, 0.25) is 0 Å². The number of fused-ring (bicyclic) bond motifs is 1. The number of methoxy groups -OCH3 is 1. The van der Waals surface area contributed by atoms with Gasteiger partial charge >= 0.3 is 6.18 Å². The number of rotatable bonds is 5. The molecule has 0 N–H and O–H groups in total. The summed E-state index contributed by atoms with van der Waals surface area (Å²) in [4.78, 5) is 44.1. The molecular formula is C29H28F3N5O4. The first kappa shape index (κ1) is 27.9. The van der Waals surface area contributed by atoms with E-state index in [2.05, 4.69) is 5.10 Å². The van der Waals surface area contributed by atoms with Gasteiger partial charge in [0, 0.05) is 50.5 Å². The molecule has 3 aromatic rings. The van der Waals surface area contributed by atoms with E-state index in [4.69, 9.17) is 4.74 Å². The summed E-state index contributed by atoms with van der Waals surface area (Å²) >= 11 is 0. The fourth-order valence-corrected chi connectivity index (χ4v) is 5.04. The van der Waals surface area contributed by atoms with Crippen LogP contribution in [-0.4, -0.2) is 78.1 Å². The normalized spacial score (nSPS) is 15.1. The molecule has 5 rings (SSSR count). The van der Waals surface area contributed by atoms with Gasteiger partial charge in [-0.1, -0.05) is 12.2 Å². The maximum atomic E-state index is 14.2. The highest BCUT2D eigenvalue weighted by Crippen LogP contribution is 2.38. The van der Waals surface area contributed by atoms with Gasteiger partial charge in [-0.3, -0.25) is 14.4 Å². The van der Waals surface area contributed by atoms with Crippen LogP contribution in [0.25, 0.3) is 5.69 Å². The highest BCUT2D eigenvalue weighted by molar-refractivity contribution is 6.08. The number of carbonyl (C=O) groups is 3. The van der Waals surface area contributed by atoms with Crippen molar-refractivity contribution in [3.8, 4) is 11.4 Å². The highest BCUT2D eigenvalue weighted by Gasteiger charge is 2.44. The van der Waals surface area contributed by atoms with Crippen LogP contribution in [-0.2, 0) is 12.6 Å². The Hall–Kier alpha value is -4.61. The first-order valence-corrected chi connectivity index (χ1v) is 13.0. The molecule has 214 valence electrons. The van der Waals surface area contributed by atoms with Gasteiger partial charge in [-0.2, -0.15) is 18.3 Å². The second kappa shape index (κ2) is 10.8. The summed E-state index contributed by atoms with van der Waals surface area (Å²) in [5, 5.41) is 3.88. The first-order chi connectivity index (χ1) is 19.5. The molecule has 0 saturated heterocycles. The number of amides is 3. The number of anilines is 1. The molecule has 2 aromatic carbocycles. The fourth-order valence-electron chi connectivity index (χ4n) is 5.04. The maximum absolute atomic E-state index is 14.2. The number of hydrogen-bond acceptors (Lipinski definition) is 5. The van der Waals surface area contributed by atoms with Gasteiger partial charge in [0.1, 0.15) is 11.4 Å². The molecule has 0 unspecified atom stereocenters. The van der Waals surface area contributed by atoms with Crippen molar-refractivity contribution in [3.63, 3.8) is 0 Å². The zero-order valence-corrected chi connectivity index (χ0v) is 22.7. The van der Waals surface area contributed by atoms with E-state index in [1.807, 2.05) is 12.2 Å². The number of benzene rings is 2. The largest absolute Gasteiger partial charge is 0.497 e. The van der Waals surface area contributed by atoms with Crippen molar-refractivity contribution in [1.82, 2.24) is 19.6 Å². The quantitative estimate of drug-likeness (QED) is 0.432. The summed E-state index contributed by atoms with van der Waals surface area (Å²) in [6.07, 6.45) is -0.485. The number of aromatic nitrogens is 2. The molecule has 41 heavy (non-hydrogen) atoms. The predicted molar refractivity (Wildman–Crippen MR) is 145 cm³/mol. The standard InChI is InChI=1S/C29H28F3N5O4/c1-34(2)26(38)18-7-9-19(10-8-18)36-16-13-21-24(28(36)40)37(33-25(21)29(30,31)32)23-12-11-20(41-3)17-22(23)27(39)35-14-5-4-6-15-35/h4-5,7-12,17H,6,13-16H2,1-3H3. The van der Waals surface area contributed by atoms with Crippen LogP contribution >= 0.6 is 0 Å². The second-order valence-electron chi connectivity index (χ2n) is 9.93. The lowest BCUT2D eigenvalue weighted by molar-refractivity contribution is -0.141. The van der Waals surface area contributed by atoms with Crippen LogP contribution in [0.4, 0.5) is 18.9 Å². The Bertz CT molecular complexity index is 1540. The summed E-state index contributed by atoms with van der Waals surface area (Å²) in [5.74, 6) is -1.00. The summed E-state index contributed by atoms with van der Waals surface area (Å²) < 4.78 is 48.7. The predicted octanol–water partition coefficient (Wildman–Crippen LogP) is 4.21. The molecular weight excluding hydrogens is 539 g/mol. The van der Waals surface area contributed by atoms with Gasteiger partial charge < -0.3 is 19.4 Å². The average Bonchev–Trinajstić information content (AvgIpc) is 3.38. The van der Waals surface area contributed by atoms with Crippen molar-refractivity contribution in [2.75, 3.05) is 45.7 Å². The third-order valence-electron chi connectivity index (χ3n) is 7.12. The smallest absolute Gasteiger partial charge is 0.435 e. The van der Waals surface area contributed by atoms with Gasteiger partial charge in [0.2, 0.25) is 0 Å². The van der Waals surface area contributed by atoms with E-state index >= 15 is 0 Å². The van der Waals surface area contributed by atoms with E-state index in [1.165, 1.54) is 35.1 Å². The van der Waals surface area contributed by atoms with Crippen LogP contribution in [0.15, 0.2) is 54.6 Å². The SMILES string of the molecule is COc1ccc(-n2nc(C(F)(F)F)c3c2C(=O)N(c2ccc(C(=O)N(C)C)cc2)CC3)c(C(=O)N2CC=CCC2)c1. The molecule has 0 fully saturated rings. The molecule has 0 spiro atoms. The molecule has 9 nitrogen and oxygen atoms in total. The van der Waals surface area contributed by atoms with Crippen LogP contribution < -0.4 is 9.64 Å². The highest BCUT2D eigenvalue weighted by atomic mass is 19.4. The molecule has 0 saturated carbocycles. The van der Waals surface area contributed by atoms with Gasteiger partial charge in [-0.05, 0) is 55.3 Å². The Kier molecular flexibility index (Phi) is 7.33. The Morgan fingerprint density at radius 1 is 1.02 bits per heavy atom. The van der Waals surface area contributed by atoms with E-state index in [-0.39, 0.29) is 41.4 Å². The molecule has 12 heteroatoms. The lowest BCUT2D eigenvalue weighted by Gasteiger charge is -2.29. The molecule has 3 amide bonds. The number of ether oxygens (including phenoxy) is 1. The van der Waals surface area contributed by atoms with Crippen molar-refractivity contribution in [1.29, 1.82) is 0 Å². The molecule has 3 heterocycles. The maximum Gasteiger partial charge on any atom is 0.435 e. The molecule has 0 atom stereocenters. The minimum atomic E-state index is -4.82. The van der Waals surface area contributed by atoms with Gasteiger partial charge in [0.15, 0.2) is 5.69 Å². The minimum absolute atomic E-state index is 0.0178. The molecule has 0 radical (unpaired) electrons. The third kappa shape index (κ3) is 5.17. The molecule has 2 aliphatic heterocycles. The summed E-state index contributed by atoms with van der Waals surface area (Å²) in [5.41, 5.74) is -0.731. The third-order valence-corrected chi connectivity index (χ3v) is 7.12. The summed E-state index contributed by atoms with van der Waals surface area (Å²) in [7, 11) is 4.65. The minimum Gasteiger partial charge on any atom is -0.497 e. The van der Waals surface area contributed by atoms with Gasteiger partial charge in [-0.15, -0.1) is 0 Å². The zero-order valence-electron chi connectivity index (χ0n) is 22.7. The topological polar surface area (TPSA) is 88.0 Å². The lowest BCUT2D eigenvalue weighted by Crippen LogP contribution is -2.39. The average molecular weight is 568 g/mol. The van der Waals surface area contributed by atoms with E-state index in [0.717, 1.165) is 4.68 Å².